The van der Waals surface area contributed by atoms with Gasteiger partial charge in [0.1, 0.15) is 12.4 Å². The standard InChI is InChI=1S/C14H15N3O3/c1-8-15-11-5-2-9(14(19)20)6-12(11)17(8)7-13(18)16-10-3-4-10/h2,5-6,10H,3-4,7H2,1H3,(H,16,18)(H,19,20). The minimum Gasteiger partial charge on any atom is -0.478 e. The van der Waals surface area contributed by atoms with Crippen LogP contribution in [0.25, 0.3) is 11.0 Å². The van der Waals surface area contributed by atoms with Crippen molar-refractivity contribution in [3.05, 3.63) is 29.6 Å². The van der Waals surface area contributed by atoms with Crippen molar-refractivity contribution in [1.29, 1.82) is 0 Å². The van der Waals surface area contributed by atoms with Gasteiger partial charge in [0.15, 0.2) is 0 Å². The van der Waals surface area contributed by atoms with Crippen molar-refractivity contribution in [1.82, 2.24) is 14.9 Å². The molecule has 1 aliphatic carbocycles. The van der Waals surface area contributed by atoms with Crippen LogP contribution in [0.5, 0.6) is 0 Å². The highest BCUT2D eigenvalue weighted by Crippen LogP contribution is 2.20. The second kappa shape index (κ2) is 4.63. The van der Waals surface area contributed by atoms with Crippen LogP contribution in [-0.2, 0) is 11.3 Å². The summed E-state index contributed by atoms with van der Waals surface area (Å²) >= 11 is 0. The minimum absolute atomic E-state index is 0.0596. The number of aromatic carboxylic acids is 1. The quantitative estimate of drug-likeness (QED) is 0.880. The molecule has 1 fully saturated rings. The Bertz CT molecular complexity index is 701. The zero-order chi connectivity index (χ0) is 14.3. The fourth-order valence-electron chi connectivity index (χ4n) is 2.22. The molecular weight excluding hydrogens is 258 g/mol. The fraction of sp³-hybridized carbons (Fsp3) is 0.357. The Kier molecular flexibility index (Phi) is 2.93. The van der Waals surface area contributed by atoms with Crippen LogP contribution < -0.4 is 5.32 Å². The predicted molar refractivity (Wildman–Crippen MR) is 72.6 cm³/mol. The molecule has 1 aromatic heterocycles. The molecular formula is C14H15N3O3. The number of hydrogen-bond acceptors (Lipinski definition) is 3. The smallest absolute Gasteiger partial charge is 0.335 e. The summed E-state index contributed by atoms with van der Waals surface area (Å²) in [5.74, 6) is -0.344. The molecule has 104 valence electrons. The van der Waals surface area contributed by atoms with Crippen molar-refractivity contribution in [2.75, 3.05) is 0 Å². The summed E-state index contributed by atoms with van der Waals surface area (Å²) in [5.41, 5.74) is 1.57. The minimum atomic E-state index is -0.986. The van der Waals surface area contributed by atoms with E-state index in [0.29, 0.717) is 22.9 Å². The van der Waals surface area contributed by atoms with Gasteiger partial charge in [-0.15, -0.1) is 0 Å². The zero-order valence-electron chi connectivity index (χ0n) is 11.1. The number of nitrogens with one attached hydrogen (secondary N) is 1. The van der Waals surface area contributed by atoms with Gasteiger partial charge in [0.25, 0.3) is 0 Å². The van der Waals surface area contributed by atoms with Gasteiger partial charge in [0.2, 0.25) is 5.91 Å². The normalized spacial score (nSPS) is 14.4. The number of hydrogen-bond donors (Lipinski definition) is 2. The molecule has 0 atom stereocenters. The number of aromatic nitrogens is 2. The lowest BCUT2D eigenvalue weighted by Crippen LogP contribution is -2.29. The summed E-state index contributed by atoms with van der Waals surface area (Å²) in [4.78, 5) is 27.3. The second-order valence-corrected chi connectivity index (χ2v) is 5.10. The van der Waals surface area contributed by atoms with Crippen LogP contribution in [0.2, 0.25) is 0 Å². The molecule has 2 N–H and O–H groups in total. The van der Waals surface area contributed by atoms with E-state index in [-0.39, 0.29) is 18.0 Å². The molecule has 2 aromatic rings. The Morgan fingerprint density at radius 3 is 2.85 bits per heavy atom. The van der Waals surface area contributed by atoms with Gasteiger partial charge in [-0.2, -0.15) is 0 Å². The van der Waals surface area contributed by atoms with Gasteiger partial charge in [-0.05, 0) is 38.0 Å². The highest BCUT2D eigenvalue weighted by atomic mass is 16.4. The first-order chi connectivity index (χ1) is 9.54. The van der Waals surface area contributed by atoms with E-state index < -0.39 is 5.97 Å². The van der Waals surface area contributed by atoms with E-state index in [2.05, 4.69) is 10.3 Å². The Balaban J connectivity index is 1.95. The Hall–Kier alpha value is -2.37. The fourth-order valence-corrected chi connectivity index (χ4v) is 2.22. The number of aryl methyl sites for hydroxylation is 1. The number of rotatable bonds is 4. The van der Waals surface area contributed by atoms with Crippen LogP contribution in [0, 0.1) is 6.92 Å². The van der Waals surface area contributed by atoms with Crippen LogP contribution in [0.3, 0.4) is 0 Å². The van der Waals surface area contributed by atoms with Crippen molar-refractivity contribution < 1.29 is 14.7 Å². The summed E-state index contributed by atoms with van der Waals surface area (Å²) in [6.45, 7) is 1.98. The molecule has 0 unspecified atom stereocenters. The lowest BCUT2D eigenvalue weighted by Gasteiger charge is -2.07. The Morgan fingerprint density at radius 2 is 2.20 bits per heavy atom. The van der Waals surface area contributed by atoms with Gasteiger partial charge in [-0.3, -0.25) is 4.79 Å². The van der Waals surface area contributed by atoms with Crippen molar-refractivity contribution in [2.24, 2.45) is 0 Å². The van der Waals surface area contributed by atoms with E-state index in [1.807, 2.05) is 6.92 Å². The number of benzene rings is 1. The Labute approximate surface area is 115 Å². The van der Waals surface area contributed by atoms with Crippen molar-refractivity contribution >= 4 is 22.9 Å². The van der Waals surface area contributed by atoms with E-state index in [4.69, 9.17) is 5.11 Å². The van der Waals surface area contributed by atoms with Gasteiger partial charge in [0, 0.05) is 6.04 Å². The summed E-state index contributed by atoms with van der Waals surface area (Å²) in [5, 5.41) is 12.0. The number of fused-ring (bicyclic) bond motifs is 1. The first-order valence-electron chi connectivity index (χ1n) is 6.54. The maximum Gasteiger partial charge on any atom is 0.335 e. The van der Waals surface area contributed by atoms with Crippen LogP contribution in [0.4, 0.5) is 0 Å². The zero-order valence-corrected chi connectivity index (χ0v) is 11.1. The largest absolute Gasteiger partial charge is 0.478 e. The number of carbonyl (C=O) groups excluding carboxylic acids is 1. The first-order valence-corrected chi connectivity index (χ1v) is 6.54. The van der Waals surface area contributed by atoms with Crippen LogP contribution in [-0.4, -0.2) is 32.6 Å². The molecule has 1 amide bonds. The van der Waals surface area contributed by atoms with Crippen molar-refractivity contribution in [3.63, 3.8) is 0 Å². The van der Waals surface area contributed by atoms with E-state index in [0.717, 1.165) is 12.8 Å². The third-order valence-electron chi connectivity index (χ3n) is 3.43. The summed E-state index contributed by atoms with van der Waals surface area (Å²) in [7, 11) is 0. The summed E-state index contributed by atoms with van der Waals surface area (Å²) in [6.07, 6.45) is 2.08. The number of carboxylic acid groups (broad SMARTS) is 1. The monoisotopic (exact) mass is 273 g/mol. The molecule has 0 radical (unpaired) electrons. The van der Waals surface area contributed by atoms with Gasteiger partial charge in [0.05, 0.1) is 16.6 Å². The van der Waals surface area contributed by atoms with Crippen molar-refractivity contribution in [3.8, 4) is 0 Å². The van der Waals surface area contributed by atoms with Gasteiger partial charge < -0.3 is 15.0 Å². The molecule has 0 spiro atoms. The third kappa shape index (κ3) is 2.36. The number of amides is 1. The molecule has 0 bridgehead atoms. The average molecular weight is 273 g/mol. The molecule has 3 rings (SSSR count). The van der Waals surface area contributed by atoms with E-state index >= 15 is 0 Å². The maximum absolute atomic E-state index is 11.9. The molecule has 1 heterocycles. The van der Waals surface area contributed by atoms with Gasteiger partial charge in [-0.25, -0.2) is 9.78 Å². The van der Waals surface area contributed by atoms with E-state index in [9.17, 15) is 9.59 Å². The van der Waals surface area contributed by atoms with E-state index in [1.165, 1.54) is 6.07 Å². The SMILES string of the molecule is Cc1nc2ccc(C(=O)O)cc2n1CC(=O)NC1CC1. The van der Waals surface area contributed by atoms with Crippen LogP contribution >= 0.6 is 0 Å². The highest BCUT2D eigenvalue weighted by Gasteiger charge is 2.23. The molecule has 0 aliphatic heterocycles. The third-order valence-corrected chi connectivity index (χ3v) is 3.43. The molecule has 6 heteroatoms. The number of nitrogens with zero attached hydrogens (tertiary/aromatic N) is 2. The molecule has 1 aromatic carbocycles. The number of carbonyl (C=O) groups is 2. The lowest BCUT2D eigenvalue weighted by molar-refractivity contribution is -0.121. The molecule has 1 saturated carbocycles. The van der Waals surface area contributed by atoms with Gasteiger partial charge in [-0.1, -0.05) is 0 Å². The van der Waals surface area contributed by atoms with Crippen LogP contribution in [0.1, 0.15) is 29.0 Å². The molecule has 20 heavy (non-hydrogen) atoms. The summed E-state index contributed by atoms with van der Waals surface area (Å²) < 4.78 is 1.75. The maximum atomic E-state index is 11.9. The predicted octanol–water partition coefficient (Wildman–Crippen LogP) is 1.32. The molecule has 1 aliphatic rings. The number of carboxylic acids is 1. The Morgan fingerprint density at radius 1 is 1.45 bits per heavy atom. The van der Waals surface area contributed by atoms with Gasteiger partial charge >= 0.3 is 5.97 Å². The lowest BCUT2D eigenvalue weighted by atomic mass is 10.2. The van der Waals surface area contributed by atoms with Crippen LogP contribution in [0.15, 0.2) is 18.2 Å². The summed E-state index contributed by atoms with van der Waals surface area (Å²) in [6, 6.07) is 5.06. The molecule has 6 nitrogen and oxygen atoms in total. The van der Waals surface area contributed by atoms with E-state index in [1.54, 1.807) is 16.7 Å². The number of imidazole rings is 1. The topological polar surface area (TPSA) is 84.2 Å². The highest BCUT2D eigenvalue weighted by molar-refractivity contribution is 5.93. The molecule has 0 saturated heterocycles. The van der Waals surface area contributed by atoms with Crippen molar-refractivity contribution in [2.45, 2.75) is 32.4 Å². The average Bonchev–Trinajstić information content (AvgIpc) is 3.14. The first kappa shape index (κ1) is 12.7. The second-order valence-electron chi connectivity index (χ2n) is 5.10.